The van der Waals surface area contributed by atoms with Gasteiger partial charge in [-0.05, 0) is 42.8 Å². The molecule has 0 amide bonds. The molecular formula is C16H12BNO. The summed E-state index contributed by atoms with van der Waals surface area (Å²) in [5, 5.41) is 8.92. The standard InChI is InChI=1S/C16H12BNO/c1-11(2)15-9-12(10-18)3-8-16(15)19-14-6-4-13(17)5-7-14/h3-9H,1H2,2H3. The van der Waals surface area contributed by atoms with Gasteiger partial charge >= 0.3 is 0 Å². The minimum atomic E-state index is 0.586. The molecule has 2 nitrogen and oxygen atoms in total. The largest absolute Gasteiger partial charge is 0.457 e. The van der Waals surface area contributed by atoms with E-state index >= 15 is 0 Å². The molecule has 0 aliphatic heterocycles. The lowest BCUT2D eigenvalue weighted by Crippen LogP contribution is -1.99. The predicted octanol–water partition coefficient (Wildman–Crippen LogP) is 3.18. The van der Waals surface area contributed by atoms with Gasteiger partial charge in [0.15, 0.2) is 0 Å². The molecule has 0 N–H and O–H groups in total. The van der Waals surface area contributed by atoms with Crippen LogP contribution < -0.4 is 10.2 Å². The van der Waals surface area contributed by atoms with Gasteiger partial charge in [-0.15, -0.1) is 0 Å². The highest BCUT2D eigenvalue weighted by atomic mass is 16.5. The van der Waals surface area contributed by atoms with Gasteiger partial charge in [0.05, 0.1) is 11.6 Å². The highest BCUT2D eigenvalue weighted by molar-refractivity contribution is 6.32. The number of allylic oxidation sites excluding steroid dienone is 1. The number of ether oxygens (including phenoxy) is 1. The van der Waals surface area contributed by atoms with E-state index in [0.717, 1.165) is 11.1 Å². The topological polar surface area (TPSA) is 33.0 Å². The van der Waals surface area contributed by atoms with Crippen LogP contribution >= 0.6 is 0 Å². The van der Waals surface area contributed by atoms with Gasteiger partial charge in [-0.1, -0.05) is 24.2 Å². The first-order valence-corrected chi connectivity index (χ1v) is 5.83. The third-order valence-electron chi connectivity index (χ3n) is 2.68. The summed E-state index contributed by atoms with van der Waals surface area (Å²) >= 11 is 0. The molecule has 0 spiro atoms. The normalized spacial score (nSPS) is 9.68. The zero-order chi connectivity index (χ0) is 13.8. The summed E-state index contributed by atoms with van der Waals surface area (Å²) in [6, 6.07) is 14.5. The zero-order valence-electron chi connectivity index (χ0n) is 10.7. The van der Waals surface area contributed by atoms with E-state index in [1.165, 1.54) is 0 Å². The van der Waals surface area contributed by atoms with Crippen molar-refractivity contribution in [1.29, 1.82) is 5.26 Å². The van der Waals surface area contributed by atoms with Gasteiger partial charge in [-0.25, -0.2) is 0 Å². The summed E-state index contributed by atoms with van der Waals surface area (Å²) < 4.78 is 5.80. The summed E-state index contributed by atoms with van der Waals surface area (Å²) in [6.07, 6.45) is 0. The maximum Gasteiger partial charge on any atom is 0.134 e. The number of nitriles is 1. The summed E-state index contributed by atoms with van der Waals surface area (Å²) in [7, 11) is 5.63. The van der Waals surface area contributed by atoms with E-state index in [2.05, 4.69) is 12.6 Å². The van der Waals surface area contributed by atoms with Crippen molar-refractivity contribution in [2.75, 3.05) is 0 Å². The maximum absolute atomic E-state index is 8.92. The summed E-state index contributed by atoms with van der Waals surface area (Å²) in [5.41, 5.74) is 2.95. The monoisotopic (exact) mass is 245 g/mol. The molecule has 90 valence electrons. The van der Waals surface area contributed by atoms with Crippen LogP contribution in [-0.2, 0) is 0 Å². The molecule has 19 heavy (non-hydrogen) atoms. The molecule has 0 saturated heterocycles. The van der Waals surface area contributed by atoms with Crippen molar-refractivity contribution in [1.82, 2.24) is 0 Å². The lowest BCUT2D eigenvalue weighted by atomic mass is 9.97. The van der Waals surface area contributed by atoms with Crippen LogP contribution in [0.3, 0.4) is 0 Å². The van der Waals surface area contributed by atoms with E-state index in [9.17, 15) is 0 Å². The van der Waals surface area contributed by atoms with Gasteiger partial charge < -0.3 is 4.74 Å². The van der Waals surface area contributed by atoms with Gasteiger partial charge in [0, 0.05) is 5.56 Å². The fraction of sp³-hybridized carbons (Fsp3) is 0.0625. The van der Waals surface area contributed by atoms with Crippen LogP contribution in [0.5, 0.6) is 11.5 Å². The molecule has 0 bridgehead atoms. The highest BCUT2D eigenvalue weighted by Crippen LogP contribution is 2.30. The first-order valence-electron chi connectivity index (χ1n) is 5.83. The second kappa shape index (κ2) is 5.45. The fourth-order valence-corrected chi connectivity index (χ4v) is 1.68. The van der Waals surface area contributed by atoms with Crippen LogP contribution in [0.25, 0.3) is 5.57 Å². The first kappa shape index (κ1) is 13.0. The smallest absolute Gasteiger partial charge is 0.134 e. The van der Waals surface area contributed by atoms with Crippen LogP contribution in [-0.4, -0.2) is 7.85 Å². The lowest BCUT2D eigenvalue weighted by Gasteiger charge is -2.11. The minimum absolute atomic E-state index is 0.586. The van der Waals surface area contributed by atoms with Gasteiger partial charge in [-0.3, -0.25) is 0 Å². The molecule has 2 aromatic carbocycles. The molecule has 0 unspecified atom stereocenters. The van der Waals surface area contributed by atoms with Crippen molar-refractivity contribution in [3.8, 4) is 17.6 Å². The minimum Gasteiger partial charge on any atom is -0.457 e. The molecule has 2 aromatic rings. The van der Waals surface area contributed by atoms with Gasteiger partial charge in [-0.2, -0.15) is 5.26 Å². The summed E-state index contributed by atoms with van der Waals surface area (Å²) in [5.74, 6) is 1.37. The summed E-state index contributed by atoms with van der Waals surface area (Å²) in [6.45, 7) is 5.79. The molecule has 0 aromatic heterocycles. The molecule has 0 heterocycles. The second-order valence-electron chi connectivity index (χ2n) is 4.27. The number of hydrogen-bond donors (Lipinski definition) is 0. The molecule has 0 fully saturated rings. The van der Waals surface area contributed by atoms with Crippen molar-refractivity contribution < 1.29 is 4.74 Å². The van der Waals surface area contributed by atoms with Crippen molar-refractivity contribution in [2.24, 2.45) is 0 Å². The quantitative estimate of drug-likeness (QED) is 0.778. The Balaban J connectivity index is 2.37. The first-order chi connectivity index (χ1) is 9.10. The third kappa shape index (κ3) is 3.05. The van der Waals surface area contributed by atoms with Crippen molar-refractivity contribution in [3.63, 3.8) is 0 Å². The van der Waals surface area contributed by atoms with E-state index in [0.29, 0.717) is 22.5 Å². The Morgan fingerprint density at radius 1 is 1.21 bits per heavy atom. The lowest BCUT2D eigenvalue weighted by molar-refractivity contribution is 0.481. The van der Waals surface area contributed by atoms with Gasteiger partial charge in [0.1, 0.15) is 19.3 Å². The number of rotatable bonds is 3. The molecule has 0 atom stereocenters. The molecule has 0 aliphatic carbocycles. The Morgan fingerprint density at radius 3 is 2.47 bits per heavy atom. The SMILES string of the molecule is [B]c1ccc(Oc2ccc(C#N)cc2C(=C)C)cc1. The van der Waals surface area contributed by atoms with E-state index < -0.39 is 0 Å². The molecule has 0 saturated carbocycles. The van der Waals surface area contributed by atoms with Gasteiger partial charge in [0.2, 0.25) is 0 Å². The average Bonchev–Trinajstić information content (AvgIpc) is 2.41. The molecule has 0 aliphatic rings. The van der Waals surface area contributed by atoms with E-state index in [-0.39, 0.29) is 0 Å². The van der Waals surface area contributed by atoms with Crippen LogP contribution in [0.15, 0.2) is 49.0 Å². The van der Waals surface area contributed by atoms with Crippen molar-refractivity contribution in [3.05, 3.63) is 60.2 Å². The Bertz CT molecular complexity index is 653. The van der Waals surface area contributed by atoms with Crippen LogP contribution in [0.1, 0.15) is 18.1 Å². The Kier molecular flexibility index (Phi) is 3.72. The maximum atomic E-state index is 8.92. The van der Waals surface area contributed by atoms with Crippen LogP contribution in [0.2, 0.25) is 0 Å². The average molecular weight is 245 g/mol. The van der Waals surface area contributed by atoms with E-state index in [4.69, 9.17) is 17.8 Å². The third-order valence-corrected chi connectivity index (χ3v) is 2.68. The van der Waals surface area contributed by atoms with Crippen molar-refractivity contribution in [2.45, 2.75) is 6.92 Å². The Labute approximate surface area is 114 Å². The van der Waals surface area contributed by atoms with Crippen LogP contribution in [0, 0.1) is 11.3 Å². The summed E-state index contributed by atoms with van der Waals surface area (Å²) in [4.78, 5) is 0. The van der Waals surface area contributed by atoms with E-state index in [1.54, 1.807) is 42.5 Å². The Hall–Kier alpha value is -2.47. The molecule has 3 heteroatoms. The molecule has 2 radical (unpaired) electrons. The highest BCUT2D eigenvalue weighted by Gasteiger charge is 2.07. The van der Waals surface area contributed by atoms with E-state index in [1.807, 2.05) is 6.92 Å². The Morgan fingerprint density at radius 2 is 1.89 bits per heavy atom. The number of benzene rings is 2. The predicted molar refractivity (Wildman–Crippen MR) is 77.8 cm³/mol. The van der Waals surface area contributed by atoms with Crippen LogP contribution in [0.4, 0.5) is 0 Å². The second-order valence-corrected chi connectivity index (χ2v) is 4.27. The molecule has 2 rings (SSSR count). The van der Waals surface area contributed by atoms with Gasteiger partial charge in [0.25, 0.3) is 0 Å². The number of nitrogens with zero attached hydrogens (tertiary/aromatic N) is 1. The molecular weight excluding hydrogens is 233 g/mol. The number of hydrogen-bond acceptors (Lipinski definition) is 2. The fourth-order valence-electron chi connectivity index (χ4n) is 1.68. The van der Waals surface area contributed by atoms with Crippen molar-refractivity contribution >= 4 is 18.9 Å². The zero-order valence-corrected chi connectivity index (χ0v) is 10.7.